The lowest BCUT2D eigenvalue weighted by Crippen LogP contribution is -2.25. The summed E-state index contributed by atoms with van der Waals surface area (Å²) in [7, 11) is 0. The van der Waals surface area contributed by atoms with E-state index in [1.54, 1.807) is 0 Å². The first-order valence-corrected chi connectivity index (χ1v) is 7.13. The van der Waals surface area contributed by atoms with Crippen molar-refractivity contribution in [3.8, 4) is 0 Å². The highest BCUT2D eigenvalue weighted by Crippen LogP contribution is 2.22. The molecule has 1 heterocycles. The van der Waals surface area contributed by atoms with Gasteiger partial charge in [0.05, 0.1) is 5.52 Å². The van der Waals surface area contributed by atoms with E-state index in [0.29, 0.717) is 6.54 Å². The summed E-state index contributed by atoms with van der Waals surface area (Å²) in [6.45, 7) is 6.99. The van der Waals surface area contributed by atoms with Gasteiger partial charge in [-0.2, -0.15) is 0 Å². The molecule has 102 valence electrons. The third kappa shape index (κ3) is 3.04. The van der Waals surface area contributed by atoms with E-state index in [2.05, 4.69) is 36.9 Å². The number of nitrogens with zero attached hydrogens (tertiary/aromatic N) is 2. The van der Waals surface area contributed by atoms with Gasteiger partial charge >= 0.3 is 0 Å². The minimum Gasteiger partial charge on any atom is -0.357 e. The Morgan fingerprint density at radius 1 is 1.21 bits per heavy atom. The molecule has 0 fully saturated rings. The second-order valence-corrected chi connectivity index (χ2v) is 4.79. The second-order valence-electron chi connectivity index (χ2n) is 4.79. The van der Waals surface area contributed by atoms with Crippen LogP contribution in [0, 0.1) is 0 Å². The Morgan fingerprint density at radius 3 is 2.68 bits per heavy atom. The fourth-order valence-corrected chi connectivity index (χ4v) is 2.35. The molecule has 0 atom stereocenters. The number of hydrogen-bond acceptors (Lipinski definition) is 3. The highest BCUT2D eigenvalue weighted by Gasteiger charge is 2.09. The van der Waals surface area contributed by atoms with Crippen molar-refractivity contribution in [2.24, 2.45) is 5.73 Å². The van der Waals surface area contributed by atoms with Crippen molar-refractivity contribution in [2.45, 2.75) is 33.2 Å². The molecule has 2 N–H and O–H groups in total. The van der Waals surface area contributed by atoms with Crippen molar-refractivity contribution in [1.82, 2.24) is 4.98 Å². The van der Waals surface area contributed by atoms with Crippen LogP contribution in [0.5, 0.6) is 0 Å². The van der Waals surface area contributed by atoms with E-state index in [1.807, 2.05) is 12.1 Å². The monoisotopic (exact) mass is 257 g/mol. The smallest absolute Gasteiger partial charge is 0.129 e. The zero-order chi connectivity index (χ0) is 13.7. The topological polar surface area (TPSA) is 42.1 Å². The Morgan fingerprint density at radius 2 is 2.00 bits per heavy atom. The van der Waals surface area contributed by atoms with Crippen molar-refractivity contribution in [1.29, 1.82) is 0 Å². The molecule has 2 rings (SSSR count). The summed E-state index contributed by atoms with van der Waals surface area (Å²) in [6.07, 6.45) is 2.40. The molecule has 0 aliphatic rings. The van der Waals surface area contributed by atoms with Gasteiger partial charge in [-0.3, -0.25) is 0 Å². The van der Waals surface area contributed by atoms with Gasteiger partial charge in [0.2, 0.25) is 0 Å². The molecule has 0 saturated heterocycles. The minimum atomic E-state index is 0.557. The number of aromatic nitrogens is 1. The number of hydrogen-bond donors (Lipinski definition) is 1. The van der Waals surface area contributed by atoms with E-state index in [0.717, 1.165) is 24.4 Å². The van der Waals surface area contributed by atoms with Crippen molar-refractivity contribution < 1.29 is 0 Å². The van der Waals surface area contributed by atoms with Crippen LogP contribution in [0.15, 0.2) is 30.3 Å². The van der Waals surface area contributed by atoms with Crippen molar-refractivity contribution in [3.05, 3.63) is 35.9 Å². The number of fused-ring (bicyclic) bond motifs is 1. The number of pyridine rings is 1. The molecule has 0 spiro atoms. The van der Waals surface area contributed by atoms with Gasteiger partial charge < -0.3 is 10.6 Å². The Hall–Kier alpha value is -1.61. The molecule has 1 aromatic heterocycles. The van der Waals surface area contributed by atoms with Crippen LogP contribution < -0.4 is 10.6 Å². The zero-order valence-corrected chi connectivity index (χ0v) is 11.9. The van der Waals surface area contributed by atoms with E-state index >= 15 is 0 Å². The normalized spacial score (nSPS) is 10.9. The average Bonchev–Trinajstić information content (AvgIpc) is 2.47. The lowest BCUT2D eigenvalue weighted by Gasteiger charge is -2.23. The molecule has 0 unspecified atom stereocenters. The van der Waals surface area contributed by atoms with Gasteiger partial charge in [-0.1, -0.05) is 31.5 Å². The first kappa shape index (κ1) is 13.8. The van der Waals surface area contributed by atoms with Crippen LogP contribution in [-0.2, 0) is 6.54 Å². The summed E-state index contributed by atoms with van der Waals surface area (Å²) in [4.78, 5) is 7.11. The van der Waals surface area contributed by atoms with E-state index in [1.165, 1.54) is 23.8 Å². The summed E-state index contributed by atoms with van der Waals surface area (Å²) >= 11 is 0. The maximum atomic E-state index is 5.88. The first-order valence-electron chi connectivity index (χ1n) is 7.13. The average molecular weight is 257 g/mol. The van der Waals surface area contributed by atoms with E-state index in [-0.39, 0.29) is 0 Å². The van der Waals surface area contributed by atoms with Crippen molar-refractivity contribution >= 4 is 16.7 Å². The lowest BCUT2D eigenvalue weighted by molar-refractivity contribution is 0.725. The van der Waals surface area contributed by atoms with Crippen molar-refractivity contribution in [2.75, 3.05) is 18.0 Å². The molecule has 0 saturated carbocycles. The maximum absolute atomic E-state index is 5.88. The van der Waals surface area contributed by atoms with Crippen LogP contribution in [0.25, 0.3) is 10.9 Å². The van der Waals surface area contributed by atoms with E-state index < -0.39 is 0 Å². The second kappa shape index (κ2) is 6.53. The molecule has 0 radical (unpaired) electrons. The molecule has 1 aromatic carbocycles. The van der Waals surface area contributed by atoms with Gasteiger partial charge in [-0.05, 0) is 31.0 Å². The molecular formula is C16H23N3. The highest BCUT2D eigenvalue weighted by atomic mass is 15.2. The van der Waals surface area contributed by atoms with Crippen LogP contribution in [0.1, 0.15) is 32.3 Å². The van der Waals surface area contributed by atoms with Gasteiger partial charge in [0.1, 0.15) is 5.82 Å². The molecule has 0 aliphatic carbocycles. The largest absolute Gasteiger partial charge is 0.357 e. The van der Waals surface area contributed by atoms with Crippen LogP contribution in [0.3, 0.4) is 0 Å². The fraction of sp³-hybridized carbons (Fsp3) is 0.438. The summed E-state index contributed by atoms with van der Waals surface area (Å²) in [5.41, 5.74) is 8.09. The molecule has 0 aliphatic heterocycles. The molecule has 0 amide bonds. The predicted molar refractivity (Wildman–Crippen MR) is 82.4 cm³/mol. The Kier molecular flexibility index (Phi) is 4.74. The standard InChI is InChI=1S/C16H23N3/c1-3-5-10-19(4-2)16-11-13(12-17)14-8-6-7-9-15(14)18-16/h6-9,11H,3-5,10,12,17H2,1-2H3. The van der Waals surface area contributed by atoms with Gasteiger partial charge in [0, 0.05) is 25.0 Å². The Bertz CT molecular complexity index is 537. The SMILES string of the molecule is CCCCN(CC)c1cc(CN)c2ccccc2n1. The van der Waals surface area contributed by atoms with Gasteiger partial charge in [-0.25, -0.2) is 4.98 Å². The summed E-state index contributed by atoms with van der Waals surface area (Å²) in [5, 5.41) is 1.17. The number of para-hydroxylation sites is 1. The molecule has 19 heavy (non-hydrogen) atoms. The van der Waals surface area contributed by atoms with E-state index in [4.69, 9.17) is 10.7 Å². The van der Waals surface area contributed by atoms with Crippen LogP contribution in [-0.4, -0.2) is 18.1 Å². The van der Waals surface area contributed by atoms with Crippen molar-refractivity contribution in [3.63, 3.8) is 0 Å². The molecule has 3 nitrogen and oxygen atoms in total. The fourth-order valence-electron chi connectivity index (χ4n) is 2.35. The van der Waals surface area contributed by atoms with Crippen LogP contribution in [0.2, 0.25) is 0 Å². The molecular weight excluding hydrogens is 234 g/mol. The molecule has 0 bridgehead atoms. The number of rotatable bonds is 6. The number of nitrogens with two attached hydrogens (primary N) is 1. The molecule has 2 aromatic rings. The summed E-state index contributed by atoms with van der Waals surface area (Å²) < 4.78 is 0. The predicted octanol–water partition coefficient (Wildman–Crippen LogP) is 3.32. The van der Waals surface area contributed by atoms with Gasteiger partial charge in [-0.15, -0.1) is 0 Å². The third-order valence-corrected chi connectivity index (χ3v) is 3.50. The number of unbranched alkanes of at least 4 members (excludes halogenated alkanes) is 1. The quantitative estimate of drug-likeness (QED) is 0.863. The van der Waals surface area contributed by atoms with Crippen LogP contribution >= 0.6 is 0 Å². The number of benzene rings is 1. The van der Waals surface area contributed by atoms with Crippen LogP contribution in [0.4, 0.5) is 5.82 Å². The minimum absolute atomic E-state index is 0.557. The highest BCUT2D eigenvalue weighted by molar-refractivity contribution is 5.84. The lowest BCUT2D eigenvalue weighted by atomic mass is 10.1. The van der Waals surface area contributed by atoms with Gasteiger partial charge in [0.15, 0.2) is 0 Å². The summed E-state index contributed by atoms with van der Waals surface area (Å²) in [6, 6.07) is 10.4. The molecule has 3 heteroatoms. The zero-order valence-electron chi connectivity index (χ0n) is 11.9. The Balaban J connectivity index is 2.42. The van der Waals surface area contributed by atoms with E-state index in [9.17, 15) is 0 Å². The van der Waals surface area contributed by atoms with Gasteiger partial charge in [0.25, 0.3) is 0 Å². The third-order valence-electron chi connectivity index (χ3n) is 3.50. The number of anilines is 1. The Labute approximate surface area is 115 Å². The first-order chi connectivity index (χ1) is 9.30. The maximum Gasteiger partial charge on any atom is 0.129 e. The summed E-state index contributed by atoms with van der Waals surface area (Å²) in [5.74, 6) is 1.05.